The van der Waals surface area contributed by atoms with E-state index >= 15 is 0 Å². The van der Waals surface area contributed by atoms with Gasteiger partial charge in [0.25, 0.3) is 11.6 Å². The number of pyridine rings is 1. The molecule has 1 aromatic heterocycles. The lowest BCUT2D eigenvalue weighted by molar-refractivity contribution is -0.384. The third kappa shape index (κ3) is 3.75. The van der Waals surface area contributed by atoms with Crippen LogP contribution < -0.4 is 5.43 Å². The molecule has 0 aliphatic heterocycles. The fraction of sp³-hybridized carbons (Fsp3) is 0. The predicted octanol–water partition coefficient (Wildman–Crippen LogP) is 3.57. The van der Waals surface area contributed by atoms with Crippen molar-refractivity contribution in [3.63, 3.8) is 0 Å². The zero-order chi connectivity index (χ0) is 17.8. The van der Waals surface area contributed by atoms with Gasteiger partial charge in [-0.3, -0.25) is 14.9 Å². The van der Waals surface area contributed by atoms with Crippen LogP contribution in [0.3, 0.4) is 0 Å². The van der Waals surface area contributed by atoms with Crippen molar-refractivity contribution in [2.45, 2.75) is 0 Å². The molecule has 0 aliphatic rings. The summed E-state index contributed by atoms with van der Waals surface area (Å²) in [4.78, 5) is 25.2. The summed E-state index contributed by atoms with van der Waals surface area (Å²) in [7, 11) is 0. The van der Waals surface area contributed by atoms with Crippen molar-refractivity contribution in [1.29, 1.82) is 0 Å². The molecule has 0 saturated carbocycles. The van der Waals surface area contributed by atoms with Crippen molar-refractivity contribution >= 4 is 40.9 Å². The summed E-state index contributed by atoms with van der Waals surface area (Å²) >= 11 is 5.27. The zero-order valence-electron chi connectivity index (χ0n) is 12.8. The number of rotatable bonds is 4. The van der Waals surface area contributed by atoms with Crippen LogP contribution in [-0.4, -0.2) is 22.0 Å². The number of non-ortho nitro benzene ring substituents is 1. The van der Waals surface area contributed by atoms with Gasteiger partial charge >= 0.3 is 0 Å². The number of hydrazone groups is 1. The van der Waals surface area contributed by atoms with Gasteiger partial charge in [-0.25, -0.2) is 5.43 Å². The Morgan fingerprint density at radius 3 is 2.64 bits per heavy atom. The molecule has 1 amide bonds. The number of aromatic nitrogens is 1. The maximum atomic E-state index is 12.0. The molecule has 1 heterocycles. The molecule has 0 radical (unpaired) electrons. The Morgan fingerprint density at radius 2 is 1.92 bits per heavy atom. The summed E-state index contributed by atoms with van der Waals surface area (Å²) in [6.45, 7) is 0. The van der Waals surface area contributed by atoms with Gasteiger partial charge in [-0.15, -0.1) is 0 Å². The largest absolute Gasteiger partial charge is 0.346 e. The number of nitrogens with one attached hydrogen (secondary N) is 2. The highest BCUT2D eigenvalue weighted by Gasteiger charge is 2.08. The second-order valence-electron chi connectivity index (χ2n) is 5.14. The number of carbonyl (C=O) groups excluding carboxylic acids is 1. The van der Waals surface area contributed by atoms with E-state index in [-0.39, 0.29) is 11.3 Å². The Hall–Kier alpha value is -3.39. The number of carbonyl (C=O) groups is 1. The van der Waals surface area contributed by atoms with Crippen LogP contribution in [0.5, 0.6) is 0 Å². The number of hydrogen-bond donors (Lipinski definition) is 2. The first kappa shape index (κ1) is 16.5. The van der Waals surface area contributed by atoms with Crippen LogP contribution in [0.2, 0.25) is 0 Å². The molecular weight excluding hydrogens is 340 g/mol. The molecule has 7 nitrogen and oxygen atoms in total. The van der Waals surface area contributed by atoms with Gasteiger partial charge in [-0.2, -0.15) is 5.10 Å². The van der Waals surface area contributed by atoms with Gasteiger partial charge in [-0.1, -0.05) is 30.4 Å². The molecule has 0 aliphatic carbocycles. The minimum Gasteiger partial charge on any atom is -0.346 e. The molecule has 0 atom stereocenters. The first-order valence-corrected chi connectivity index (χ1v) is 7.65. The Kier molecular flexibility index (Phi) is 4.62. The third-order valence-corrected chi connectivity index (χ3v) is 3.83. The van der Waals surface area contributed by atoms with Crippen LogP contribution in [0, 0.1) is 14.8 Å². The van der Waals surface area contributed by atoms with E-state index in [2.05, 4.69) is 15.5 Å². The van der Waals surface area contributed by atoms with Crippen molar-refractivity contribution in [3.05, 3.63) is 80.5 Å². The second-order valence-corrected chi connectivity index (χ2v) is 5.55. The van der Waals surface area contributed by atoms with E-state index < -0.39 is 10.8 Å². The number of nitro benzene ring substituents is 1. The fourth-order valence-electron chi connectivity index (χ4n) is 2.22. The van der Waals surface area contributed by atoms with Gasteiger partial charge in [0.1, 0.15) is 4.64 Å². The number of H-pyrrole nitrogens is 1. The van der Waals surface area contributed by atoms with Crippen LogP contribution in [0.1, 0.15) is 15.9 Å². The summed E-state index contributed by atoms with van der Waals surface area (Å²) in [5, 5.41) is 15.5. The average Bonchev–Trinajstić information content (AvgIpc) is 2.62. The summed E-state index contributed by atoms with van der Waals surface area (Å²) in [5.41, 5.74) is 4.14. The molecule has 8 heteroatoms. The van der Waals surface area contributed by atoms with E-state index in [9.17, 15) is 14.9 Å². The number of para-hydroxylation sites is 1. The van der Waals surface area contributed by atoms with E-state index in [0.717, 1.165) is 10.9 Å². The summed E-state index contributed by atoms with van der Waals surface area (Å²) in [5.74, 6) is -0.471. The lowest BCUT2D eigenvalue weighted by atomic mass is 10.2. The smallest absolute Gasteiger partial charge is 0.271 e. The standard InChI is InChI=1S/C17H12N4O3S/c22-16(11-5-7-14(8-6-11)21(23)24)20-18-10-13-9-12-3-1-2-4-15(12)19-17(13)25/h1-10H,(H,19,25)(H,20,22)/b18-10+. The maximum absolute atomic E-state index is 12.0. The SMILES string of the molecule is O=C(N/N=C/c1cc2ccccc2[nH]c1=S)c1ccc([N+](=O)[O-])cc1. The summed E-state index contributed by atoms with van der Waals surface area (Å²) in [6, 6.07) is 14.8. The Morgan fingerprint density at radius 1 is 1.20 bits per heavy atom. The van der Waals surface area contributed by atoms with Crippen LogP contribution >= 0.6 is 12.2 Å². The highest BCUT2D eigenvalue weighted by Crippen LogP contribution is 2.13. The first-order chi connectivity index (χ1) is 12.0. The first-order valence-electron chi connectivity index (χ1n) is 7.24. The average molecular weight is 352 g/mol. The highest BCUT2D eigenvalue weighted by molar-refractivity contribution is 7.71. The highest BCUT2D eigenvalue weighted by atomic mass is 32.1. The zero-order valence-corrected chi connectivity index (χ0v) is 13.6. The second kappa shape index (κ2) is 7.02. The van der Waals surface area contributed by atoms with E-state index in [1.54, 1.807) is 0 Å². The normalized spacial score (nSPS) is 10.9. The van der Waals surface area contributed by atoms with E-state index in [4.69, 9.17) is 12.2 Å². The van der Waals surface area contributed by atoms with E-state index in [0.29, 0.717) is 10.2 Å². The molecule has 124 valence electrons. The molecular formula is C17H12N4O3S. The van der Waals surface area contributed by atoms with E-state index in [1.807, 2.05) is 30.3 Å². The number of nitrogens with zero attached hydrogens (tertiary/aromatic N) is 2. The van der Waals surface area contributed by atoms with Gasteiger partial charge in [0.2, 0.25) is 0 Å². The Labute approximate surface area is 147 Å². The third-order valence-electron chi connectivity index (χ3n) is 3.49. The summed E-state index contributed by atoms with van der Waals surface area (Å²) < 4.78 is 0.507. The number of hydrogen-bond acceptors (Lipinski definition) is 5. The molecule has 0 unspecified atom stereocenters. The number of fused-ring (bicyclic) bond motifs is 1. The number of nitro groups is 1. The molecule has 0 bridgehead atoms. The molecule has 25 heavy (non-hydrogen) atoms. The molecule has 0 saturated heterocycles. The van der Waals surface area contributed by atoms with Gasteiger partial charge in [0.15, 0.2) is 0 Å². The molecule has 0 fully saturated rings. The molecule has 2 N–H and O–H groups in total. The van der Waals surface area contributed by atoms with Gasteiger partial charge in [0.05, 0.1) is 11.1 Å². The summed E-state index contributed by atoms with van der Waals surface area (Å²) in [6.07, 6.45) is 1.45. The quantitative estimate of drug-likeness (QED) is 0.324. The topological polar surface area (TPSA) is 100 Å². The van der Waals surface area contributed by atoms with Crippen molar-refractivity contribution in [2.24, 2.45) is 5.10 Å². The van der Waals surface area contributed by atoms with Crippen LogP contribution in [0.15, 0.2) is 59.7 Å². The molecule has 2 aromatic carbocycles. The Bertz CT molecular complexity index is 1040. The minimum absolute atomic E-state index is 0.0810. The van der Waals surface area contributed by atoms with Gasteiger partial charge in [0, 0.05) is 28.8 Å². The monoisotopic (exact) mass is 352 g/mol. The fourth-order valence-corrected chi connectivity index (χ4v) is 2.44. The molecule has 0 spiro atoms. The lowest BCUT2D eigenvalue weighted by Crippen LogP contribution is -2.17. The van der Waals surface area contributed by atoms with Crippen molar-refractivity contribution in [3.8, 4) is 0 Å². The maximum Gasteiger partial charge on any atom is 0.271 e. The number of amides is 1. The number of aromatic amines is 1. The van der Waals surface area contributed by atoms with Crippen LogP contribution in [-0.2, 0) is 0 Å². The lowest BCUT2D eigenvalue weighted by Gasteiger charge is -2.01. The van der Waals surface area contributed by atoms with Crippen molar-refractivity contribution in [1.82, 2.24) is 10.4 Å². The van der Waals surface area contributed by atoms with Gasteiger partial charge < -0.3 is 4.98 Å². The van der Waals surface area contributed by atoms with Crippen LogP contribution in [0.4, 0.5) is 5.69 Å². The van der Waals surface area contributed by atoms with Gasteiger partial charge in [-0.05, 0) is 29.7 Å². The van der Waals surface area contributed by atoms with Crippen molar-refractivity contribution < 1.29 is 9.72 Å². The molecule has 3 aromatic rings. The van der Waals surface area contributed by atoms with Crippen LogP contribution in [0.25, 0.3) is 10.9 Å². The minimum atomic E-state index is -0.527. The molecule has 3 rings (SSSR count). The van der Waals surface area contributed by atoms with Crippen molar-refractivity contribution in [2.75, 3.05) is 0 Å². The predicted molar refractivity (Wildman–Crippen MR) is 97.3 cm³/mol. The van der Waals surface area contributed by atoms with E-state index in [1.165, 1.54) is 30.5 Å². The number of benzene rings is 2. The Balaban J connectivity index is 1.74.